The summed E-state index contributed by atoms with van der Waals surface area (Å²) in [6.07, 6.45) is 3.15. The molecule has 0 aliphatic heterocycles. The standard InChI is InChI=1S/C21H18Cl2FN3O3S/c1-14(21(28)26-13-15-8-10-25-11-9-15)27(20-12-17(23)4-7-19(20)24)31(29,30)18-5-2-16(22)3-6-18/h2-12,14H,13H2,1H3,(H,26,28). The first-order chi connectivity index (χ1) is 14.7. The van der Waals surface area contributed by atoms with Gasteiger partial charge in [0.25, 0.3) is 10.0 Å². The Morgan fingerprint density at radius 2 is 1.68 bits per heavy atom. The zero-order valence-electron chi connectivity index (χ0n) is 16.3. The fraction of sp³-hybridized carbons (Fsp3) is 0.143. The van der Waals surface area contributed by atoms with Crippen LogP contribution in [0.2, 0.25) is 10.0 Å². The minimum atomic E-state index is -4.33. The molecule has 0 aliphatic carbocycles. The van der Waals surface area contributed by atoms with E-state index in [-0.39, 0.29) is 22.2 Å². The van der Waals surface area contributed by atoms with Gasteiger partial charge in [-0.25, -0.2) is 12.8 Å². The molecule has 3 aromatic rings. The SMILES string of the molecule is CC(C(=O)NCc1ccncc1)N(c1cc(Cl)ccc1F)S(=O)(=O)c1ccc(Cl)cc1. The highest BCUT2D eigenvalue weighted by atomic mass is 35.5. The Morgan fingerprint density at radius 3 is 2.32 bits per heavy atom. The third-order valence-electron chi connectivity index (χ3n) is 4.46. The van der Waals surface area contributed by atoms with E-state index in [1.807, 2.05) is 0 Å². The van der Waals surface area contributed by atoms with Crippen molar-refractivity contribution in [2.45, 2.75) is 24.4 Å². The normalized spacial score (nSPS) is 12.3. The van der Waals surface area contributed by atoms with Crippen molar-refractivity contribution < 1.29 is 17.6 Å². The van der Waals surface area contributed by atoms with Crippen LogP contribution < -0.4 is 9.62 Å². The maximum atomic E-state index is 14.7. The molecule has 1 heterocycles. The number of rotatable bonds is 7. The Morgan fingerprint density at radius 1 is 1.06 bits per heavy atom. The molecule has 2 aromatic carbocycles. The van der Waals surface area contributed by atoms with Gasteiger partial charge in [0, 0.05) is 29.0 Å². The molecule has 162 valence electrons. The molecular formula is C21H18Cl2FN3O3S. The largest absolute Gasteiger partial charge is 0.350 e. The number of sulfonamides is 1. The number of pyridine rings is 1. The Bertz CT molecular complexity index is 1180. The van der Waals surface area contributed by atoms with Gasteiger partial charge in [-0.3, -0.25) is 14.1 Å². The van der Waals surface area contributed by atoms with Gasteiger partial charge in [-0.2, -0.15) is 0 Å². The Hall–Kier alpha value is -2.68. The molecule has 0 radical (unpaired) electrons. The summed E-state index contributed by atoms with van der Waals surface area (Å²) < 4.78 is 42.2. The van der Waals surface area contributed by atoms with E-state index in [4.69, 9.17) is 23.2 Å². The van der Waals surface area contributed by atoms with Crippen molar-refractivity contribution in [1.29, 1.82) is 0 Å². The number of aromatic nitrogens is 1. The van der Waals surface area contributed by atoms with Crippen molar-refractivity contribution in [3.05, 3.63) is 88.4 Å². The Kier molecular flexibility index (Phi) is 7.15. The highest BCUT2D eigenvalue weighted by Crippen LogP contribution is 2.31. The lowest BCUT2D eigenvalue weighted by Crippen LogP contribution is -2.48. The van der Waals surface area contributed by atoms with E-state index in [2.05, 4.69) is 10.3 Å². The average Bonchev–Trinajstić information content (AvgIpc) is 2.75. The van der Waals surface area contributed by atoms with Crippen LogP contribution in [-0.2, 0) is 21.4 Å². The molecular weight excluding hydrogens is 464 g/mol. The average molecular weight is 482 g/mol. The number of carbonyl (C=O) groups is 1. The van der Waals surface area contributed by atoms with E-state index in [0.29, 0.717) is 5.02 Å². The van der Waals surface area contributed by atoms with Crippen LogP contribution in [0.1, 0.15) is 12.5 Å². The van der Waals surface area contributed by atoms with Gasteiger partial charge in [0.05, 0.1) is 10.6 Å². The second-order valence-electron chi connectivity index (χ2n) is 6.60. The lowest BCUT2D eigenvalue weighted by Gasteiger charge is -2.30. The molecule has 0 saturated heterocycles. The third-order valence-corrected chi connectivity index (χ3v) is 6.85. The Balaban J connectivity index is 2.00. The van der Waals surface area contributed by atoms with E-state index >= 15 is 0 Å². The van der Waals surface area contributed by atoms with E-state index in [0.717, 1.165) is 22.0 Å². The molecule has 1 atom stereocenters. The number of carbonyl (C=O) groups excluding carboxylic acids is 1. The van der Waals surface area contributed by atoms with Crippen LogP contribution in [-0.4, -0.2) is 25.4 Å². The van der Waals surface area contributed by atoms with Crippen molar-refractivity contribution in [1.82, 2.24) is 10.3 Å². The molecule has 0 saturated carbocycles. The van der Waals surface area contributed by atoms with E-state index in [1.165, 1.54) is 37.3 Å². The predicted molar refractivity (Wildman–Crippen MR) is 118 cm³/mol. The molecule has 31 heavy (non-hydrogen) atoms. The molecule has 3 rings (SSSR count). The summed E-state index contributed by atoms with van der Waals surface area (Å²) in [5.41, 5.74) is 0.436. The summed E-state index contributed by atoms with van der Waals surface area (Å²) in [6.45, 7) is 1.52. The number of amides is 1. The number of benzene rings is 2. The van der Waals surface area contributed by atoms with Crippen LogP contribution in [0.4, 0.5) is 10.1 Å². The summed E-state index contributed by atoms with van der Waals surface area (Å²) in [7, 11) is -4.33. The Labute approximate surface area is 189 Å². The van der Waals surface area contributed by atoms with E-state index < -0.39 is 27.8 Å². The van der Waals surface area contributed by atoms with Crippen LogP contribution >= 0.6 is 23.2 Å². The van der Waals surface area contributed by atoms with Gasteiger partial charge in [-0.05, 0) is 67.1 Å². The molecule has 0 fully saturated rings. The molecule has 1 aromatic heterocycles. The van der Waals surface area contributed by atoms with Crippen LogP contribution in [0.3, 0.4) is 0 Å². The van der Waals surface area contributed by atoms with Crippen LogP contribution in [0.25, 0.3) is 0 Å². The molecule has 10 heteroatoms. The second kappa shape index (κ2) is 9.64. The topological polar surface area (TPSA) is 79.4 Å². The maximum Gasteiger partial charge on any atom is 0.265 e. The molecule has 1 unspecified atom stereocenters. The van der Waals surface area contributed by atoms with Gasteiger partial charge in [-0.15, -0.1) is 0 Å². The van der Waals surface area contributed by atoms with E-state index in [9.17, 15) is 17.6 Å². The minimum Gasteiger partial charge on any atom is -0.350 e. The predicted octanol–water partition coefficient (Wildman–Crippen LogP) is 4.43. The number of hydrogen-bond acceptors (Lipinski definition) is 4. The first kappa shape index (κ1) is 23.0. The summed E-state index contributed by atoms with van der Waals surface area (Å²) in [5.74, 6) is -1.45. The highest BCUT2D eigenvalue weighted by molar-refractivity contribution is 7.93. The molecule has 1 N–H and O–H groups in total. The lowest BCUT2D eigenvalue weighted by atomic mass is 10.2. The fourth-order valence-electron chi connectivity index (χ4n) is 2.87. The number of nitrogens with zero attached hydrogens (tertiary/aromatic N) is 2. The summed E-state index contributed by atoms with van der Waals surface area (Å²) in [4.78, 5) is 16.6. The van der Waals surface area contributed by atoms with Gasteiger partial charge >= 0.3 is 0 Å². The molecule has 1 amide bonds. The van der Waals surface area contributed by atoms with Gasteiger partial charge in [0.15, 0.2) is 0 Å². The molecule has 0 spiro atoms. The minimum absolute atomic E-state index is 0.122. The van der Waals surface area contributed by atoms with Gasteiger partial charge in [0.1, 0.15) is 11.9 Å². The molecule has 0 bridgehead atoms. The summed E-state index contributed by atoms with van der Waals surface area (Å²) in [5, 5.41) is 3.12. The third kappa shape index (κ3) is 5.33. The van der Waals surface area contributed by atoms with Crippen LogP contribution in [0, 0.1) is 5.82 Å². The lowest BCUT2D eigenvalue weighted by molar-refractivity contribution is -0.122. The van der Waals surface area contributed by atoms with Crippen LogP contribution in [0.5, 0.6) is 0 Å². The van der Waals surface area contributed by atoms with Gasteiger partial charge < -0.3 is 5.32 Å². The first-order valence-electron chi connectivity index (χ1n) is 9.12. The van der Waals surface area contributed by atoms with Crippen molar-refractivity contribution in [2.75, 3.05) is 4.31 Å². The second-order valence-corrected chi connectivity index (χ2v) is 9.29. The monoisotopic (exact) mass is 481 g/mol. The summed E-state index contributed by atoms with van der Waals surface area (Å²) in [6, 6.07) is 11.0. The van der Waals surface area contributed by atoms with Gasteiger partial charge in [0.2, 0.25) is 5.91 Å². The highest BCUT2D eigenvalue weighted by Gasteiger charge is 2.35. The van der Waals surface area contributed by atoms with Crippen molar-refractivity contribution in [2.24, 2.45) is 0 Å². The number of halogens is 3. The quantitative estimate of drug-likeness (QED) is 0.541. The number of anilines is 1. The molecule has 0 aliphatic rings. The first-order valence-corrected chi connectivity index (χ1v) is 11.3. The van der Waals surface area contributed by atoms with Crippen LogP contribution in [0.15, 0.2) is 71.9 Å². The number of hydrogen-bond donors (Lipinski definition) is 1. The van der Waals surface area contributed by atoms with Crippen molar-refractivity contribution in [3.63, 3.8) is 0 Å². The van der Waals surface area contributed by atoms with E-state index in [1.54, 1.807) is 24.5 Å². The summed E-state index contributed by atoms with van der Waals surface area (Å²) >= 11 is 11.9. The van der Waals surface area contributed by atoms with Crippen molar-refractivity contribution >= 4 is 44.8 Å². The number of nitrogens with one attached hydrogen (secondary N) is 1. The van der Waals surface area contributed by atoms with Gasteiger partial charge in [-0.1, -0.05) is 23.2 Å². The van der Waals surface area contributed by atoms with Crippen molar-refractivity contribution in [3.8, 4) is 0 Å². The maximum absolute atomic E-state index is 14.7. The zero-order chi connectivity index (χ0) is 22.6. The fourth-order valence-corrected chi connectivity index (χ4v) is 4.78. The smallest absolute Gasteiger partial charge is 0.265 e. The molecule has 6 nitrogen and oxygen atoms in total. The zero-order valence-corrected chi connectivity index (χ0v) is 18.6.